The molecule has 1 atom stereocenters. The summed E-state index contributed by atoms with van der Waals surface area (Å²) in [6, 6.07) is 11.7. The average molecular weight is 447 g/mol. The number of sulfonamides is 1. The Hall–Kier alpha value is -2.84. The molecule has 9 heteroatoms. The van der Waals surface area contributed by atoms with Crippen molar-refractivity contribution in [3.63, 3.8) is 0 Å². The first kappa shape index (κ1) is 21.9. The third-order valence-electron chi connectivity index (χ3n) is 4.70. The molecule has 3 aromatic rings. The number of hydrogen-bond donors (Lipinski definition) is 1. The van der Waals surface area contributed by atoms with E-state index in [4.69, 9.17) is 11.6 Å². The first-order valence-corrected chi connectivity index (χ1v) is 11.5. The summed E-state index contributed by atoms with van der Waals surface area (Å²) in [4.78, 5) is 16.8. The second-order valence-electron chi connectivity index (χ2n) is 7.02. The molecule has 0 bridgehead atoms. The minimum atomic E-state index is -3.71. The predicted octanol–water partition coefficient (Wildman–Crippen LogP) is 3.31. The molecule has 158 valence electrons. The second kappa shape index (κ2) is 8.89. The maximum absolute atomic E-state index is 12.8. The van der Waals surface area contributed by atoms with Crippen LogP contribution in [0.25, 0.3) is 5.69 Å². The Morgan fingerprint density at radius 3 is 2.53 bits per heavy atom. The molecule has 1 heterocycles. The van der Waals surface area contributed by atoms with Crippen LogP contribution in [0.3, 0.4) is 0 Å². The normalized spacial score (nSPS) is 12.4. The molecule has 0 saturated heterocycles. The first-order valence-electron chi connectivity index (χ1n) is 9.27. The number of carbonyl (C=O) groups excluding carboxylic acids is 1. The molecule has 0 unspecified atom stereocenters. The SMILES string of the molecule is Cc1ccc(Cl)cc1N([C@H](C)C(=O)NCc1ccc(-n2ccnc2)cc1)S(C)(=O)=O. The number of rotatable bonds is 7. The van der Waals surface area contributed by atoms with Crippen LogP contribution in [-0.2, 0) is 21.4 Å². The molecular weight excluding hydrogens is 424 g/mol. The highest BCUT2D eigenvalue weighted by atomic mass is 35.5. The molecule has 3 rings (SSSR count). The van der Waals surface area contributed by atoms with Crippen molar-refractivity contribution in [3.8, 4) is 5.69 Å². The van der Waals surface area contributed by atoms with Crippen molar-refractivity contribution in [2.75, 3.05) is 10.6 Å². The molecule has 2 aromatic carbocycles. The molecule has 0 saturated carbocycles. The summed E-state index contributed by atoms with van der Waals surface area (Å²) in [7, 11) is -3.71. The van der Waals surface area contributed by atoms with E-state index in [-0.39, 0.29) is 6.54 Å². The zero-order valence-corrected chi connectivity index (χ0v) is 18.5. The van der Waals surface area contributed by atoms with Crippen LogP contribution in [-0.4, -0.2) is 36.2 Å². The third kappa shape index (κ3) is 5.01. The number of amides is 1. The maximum Gasteiger partial charge on any atom is 0.243 e. The van der Waals surface area contributed by atoms with Gasteiger partial charge in [-0.2, -0.15) is 0 Å². The van der Waals surface area contributed by atoms with Gasteiger partial charge in [0.15, 0.2) is 0 Å². The van der Waals surface area contributed by atoms with Gasteiger partial charge in [-0.25, -0.2) is 13.4 Å². The zero-order chi connectivity index (χ0) is 21.9. The lowest BCUT2D eigenvalue weighted by Gasteiger charge is -2.29. The van der Waals surface area contributed by atoms with Gasteiger partial charge < -0.3 is 9.88 Å². The number of hydrogen-bond acceptors (Lipinski definition) is 4. The molecule has 1 aromatic heterocycles. The quantitative estimate of drug-likeness (QED) is 0.603. The Balaban J connectivity index is 1.73. The standard InChI is InChI=1S/C21H23ClN4O3S/c1-15-4-7-18(22)12-20(15)26(30(3,28)29)16(2)21(27)24-13-17-5-8-19(9-6-17)25-11-10-23-14-25/h4-12,14,16H,13H2,1-3H3,(H,24,27)/t16-/m1/s1. The van der Waals surface area contributed by atoms with Crippen LogP contribution in [0.2, 0.25) is 5.02 Å². The number of aryl methyl sites for hydroxylation is 1. The van der Waals surface area contributed by atoms with Gasteiger partial charge in [-0.05, 0) is 49.2 Å². The average Bonchev–Trinajstić information content (AvgIpc) is 3.23. The van der Waals surface area contributed by atoms with Crippen LogP contribution in [0, 0.1) is 6.92 Å². The summed E-state index contributed by atoms with van der Waals surface area (Å²) in [5.41, 5.74) is 2.94. The fraction of sp³-hybridized carbons (Fsp3) is 0.238. The lowest BCUT2D eigenvalue weighted by molar-refractivity contribution is -0.122. The fourth-order valence-corrected chi connectivity index (χ4v) is 4.53. The van der Waals surface area contributed by atoms with E-state index in [1.54, 1.807) is 44.6 Å². The number of aromatic nitrogens is 2. The summed E-state index contributed by atoms with van der Waals surface area (Å²) in [5.74, 6) is -0.404. The number of imidazole rings is 1. The van der Waals surface area contributed by atoms with E-state index in [0.29, 0.717) is 16.3 Å². The molecule has 0 spiro atoms. The van der Waals surface area contributed by atoms with Gasteiger partial charge in [0.2, 0.25) is 15.9 Å². The minimum absolute atomic E-state index is 0.277. The van der Waals surface area contributed by atoms with Crippen LogP contribution in [0.1, 0.15) is 18.1 Å². The molecular formula is C21H23ClN4O3S. The van der Waals surface area contributed by atoms with E-state index in [1.807, 2.05) is 35.0 Å². The minimum Gasteiger partial charge on any atom is -0.350 e. The molecule has 0 radical (unpaired) electrons. The van der Waals surface area contributed by atoms with Gasteiger partial charge in [0.1, 0.15) is 6.04 Å². The first-order chi connectivity index (χ1) is 14.2. The number of benzene rings is 2. The summed E-state index contributed by atoms with van der Waals surface area (Å²) in [5, 5.41) is 3.21. The van der Waals surface area contributed by atoms with E-state index in [1.165, 1.54) is 0 Å². The largest absolute Gasteiger partial charge is 0.350 e. The smallest absolute Gasteiger partial charge is 0.243 e. The Kier molecular flexibility index (Phi) is 6.48. The van der Waals surface area contributed by atoms with Crippen molar-refractivity contribution in [3.05, 3.63) is 77.3 Å². The van der Waals surface area contributed by atoms with Gasteiger partial charge in [0, 0.05) is 29.6 Å². The molecule has 0 aliphatic rings. The third-order valence-corrected chi connectivity index (χ3v) is 6.17. The molecule has 7 nitrogen and oxygen atoms in total. The number of nitrogens with zero attached hydrogens (tertiary/aromatic N) is 3. The molecule has 0 aliphatic carbocycles. The Morgan fingerprint density at radius 1 is 1.23 bits per heavy atom. The Morgan fingerprint density at radius 2 is 1.93 bits per heavy atom. The molecule has 1 amide bonds. The lowest BCUT2D eigenvalue weighted by atomic mass is 10.1. The van der Waals surface area contributed by atoms with Crippen molar-refractivity contribution >= 4 is 33.2 Å². The van der Waals surface area contributed by atoms with Gasteiger partial charge in [0.25, 0.3) is 0 Å². The molecule has 0 aliphatic heterocycles. The number of nitrogens with one attached hydrogen (secondary N) is 1. The monoisotopic (exact) mass is 446 g/mol. The summed E-state index contributed by atoms with van der Waals surface area (Å²) in [6.07, 6.45) is 6.32. The van der Waals surface area contributed by atoms with Crippen LogP contribution >= 0.6 is 11.6 Å². The molecule has 1 N–H and O–H groups in total. The van der Waals surface area contributed by atoms with Crippen LogP contribution < -0.4 is 9.62 Å². The van der Waals surface area contributed by atoms with Gasteiger partial charge in [-0.3, -0.25) is 9.10 Å². The number of anilines is 1. The van der Waals surface area contributed by atoms with Crippen molar-refractivity contribution in [2.45, 2.75) is 26.4 Å². The fourth-order valence-electron chi connectivity index (χ4n) is 3.14. The van der Waals surface area contributed by atoms with E-state index in [2.05, 4.69) is 10.3 Å². The maximum atomic E-state index is 12.8. The lowest BCUT2D eigenvalue weighted by Crippen LogP contribution is -2.48. The van der Waals surface area contributed by atoms with E-state index < -0.39 is 22.0 Å². The number of carbonyl (C=O) groups is 1. The Labute approximate surface area is 181 Å². The van der Waals surface area contributed by atoms with Gasteiger partial charge in [-0.15, -0.1) is 0 Å². The summed E-state index contributed by atoms with van der Waals surface area (Å²) >= 11 is 6.06. The van der Waals surface area contributed by atoms with Gasteiger partial charge >= 0.3 is 0 Å². The highest BCUT2D eigenvalue weighted by Crippen LogP contribution is 2.28. The second-order valence-corrected chi connectivity index (χ2v) is 9.32. The van der Waals surface area contributed by atoms with E-state index in [9.17, 15) is 13.2 Å². The van der Waals surface area contributed by atoms with Crippen LogP contribution in [0.15, 0.2) is 61.2 Å². The van der Waals surface area contributed by atoms with Crippen molar-refractivity contribution in [2.24, 2.45) is 0 Å². The Bertz CT molecular complexity index is 1130. The topological polar surface area (TPSA) is 84.3 Å². The highest BCUT2D eigenvalue weighted by molar-refractivity contribution is 7.92. The predicted molar refractivity (Wildman–Crippen MR) is 118 cm³/mol. The number of halogens is 1. The van der Waals surface area contributed by atoms with Crippen LogP contribution in [0.4, 0.5) is 5.69 Å². The zero-order valence-electron chi connectivity index (χ0n) is 16.9. The summed E-state index contributed by atoms with van der Waals surface area (Å²) in [6.45, 7) is 3.61. The molecule has 0 fully saturated rings. The van der Waals surface area contributed by atoms with Crippen molar-refractivity contribution in [1.82, 2.24) is 14.9 Å². The van der Waals surface area contributed by atoms with Crippen molar-refractivity contribution in [1.29, 1.82) is 0 Å². The molecule has 30 heavy (non-hydrogen) atoms. The van der Waals surface area contributed by atoms with Crippen molar-refractivity contribution < 1.29 is 13.2 Å². The van der Waals surface area contributed by atoms with Gasteiger partial charge in [-0.1, -0.05) is 29.8 Å². The summed E-state index contributed by atoms with van der Waals surface area (Å²) < 4.78 is 27.9. The van der Waals surface area contributed by atoms with Crippen LogP contribution in [0.5, 0.6) is 0 Å². The highest BCUT2D eigenvalue weighted by Gasteiger charge is 2.30. The van der Waals surface area contributed by atoms with Gasteiger partial charge in [0.05, 0.1) is 18.3 Å². The van der Waals surface area contributed by atoms with E-state index in [0.717, 1.165) is 21.8 Å². The van der Waals surface area contributed by atoms with E-state index >= 15 is 0 Å².